The first-order valence-electron chi connectivity index (χ1n) is 7.41. The van der Waals surface area contributed by atoms with Crippen molar-refractivity contribution in [2.45, 2.75) is 40.5 Å². The number of benzene rings is 1. The molecule has 0 spiro atoms. The Labute approximate surface area is 126 Å². The Morgan fingerprint density at radius 2 is 1.52 bits per heavy atom. The lowest BCUT2D eigenvalue weighted by atomic mass is 10.00. The van der Waals surface area contributed by atoms with Crippen LogP contribution in [0.15, 0.2) is 18.2 Å². The van der Waals surface area contributed by atoms with Gasteiger partial charge < -0.3 is 9.47 Å². The zero-order valence-electron chi connectivity index (χ0n) is 13.3. The number of rotatable bonds is 9. The molecule has 0 saturated carbocycles. The summed E-state index contributed by atoms with van der Waals surface area (Å²) in [6.07, 6.45) is 0.356. The van der Waals surface area contributed by atoms with Crippen LogP contribution in [0.3, 0.4) is 0 Å². The number of Topliss-reactive ketones (excluding diaryl/α,β-unsaturated/α-hetero) is 2. The molecule has 0 amide bonds. The van der Waals surface area contributed by atoms with Crippen LogP contribution in [0, 0.1) is 5.92 Å². The van der Waals surface area contributed by atoms with Crippen molar-refractivity contribution in [1.29, 1.82) is 0 Å². The molecule has 0 radical (unpaired) electrons. The average molecular weight is 292 g/mol. The van der Waals surface area contributed by atoms with E-state index in [0.29, 0.717) is 36.7 Å². The van der Waals surface area contributed by atoms with Gasteiger partial charge in [0.25, 0.3) is 0 Å². The van der Waals surface area contributed by atoms with Crippen LogP contribution < -0.4 is 9.47 Å². The fraction of sp³-hybridized carbons (Fsp3) is 0.529. The van der Waals surface area contributed by atoms with Gasteiger partial charge in [0.15, 0.2) is 5.78 Å². The average Bonchev–Trinajstić information content (AvgIpc) is 2.38. The molecule has 1 aromatic carbocycles. The van der Waals surface area contributed by atoms with Gasteiger partial charge in [-0.15, -0.1) is 0 Å². The number of ether oxygens (including phenoxy) is 2. The summed E-state index contributed by atoms with van der Waals surface area (Å²) in [5.41, 5.74) is 0.460. The molecule has 0 bridgehead atoms. The molecule has 0 aliphatic carbocycles. The summed E-state index contributed by atoms with van der Waals surface area (Å²) in [7, 11) is 0. The van der Waals surface area contributed by atoms with Crippen molar-refractivity contribution in [3.8, 4) is 11.5 Å². The van der Waals surface area contributed by atoms with E-state index in [1.165, 1.54) is 0 Å². The predicted molar refractivity (Wildman–Crippen MR) is 82.2 cm³/mol. The second-order valence-electron chi connectivity index (χ2n) is 5.30. The molecule has 116 valence electrons. The normalized spacial score (nSPS) is 10.5. The number of ketones is 2. The Morgan fingerprint density at radius 1 is 1.00 bits per heavy atom. The van der Waals surface area contributed by atoms with E-state index < -0.39 is 0 Å². The van der Waals surface area contributed by atoms with Crippen molar-refractivity contribution in [3.05, 3.63) is 23.8 Å². The van der Waals surface area contributed by atoms with E-state index in [0.717, 1.165) is 0 Å². The van der Waals surface area contributed by atoms with Crippen molar-refractivity contribution >= 4 is 11.6 Å². The van der Waals surface area contributed by atoms with E-state index in [4.69, 9.17) is 9.47 Å². The van der Waals surface area contributed by atoms with Crippen LogP contribution in [0.4, 0.5) is 0 Å². The van der Waals surface area contributed by atoms with Gasteiger partial charge in [0.2, 0.25) is 0 Å². The molecule has 0 atom stereocenters. The molecule has 0 aliphatic rings. The molecule has 0 heterocycles. The fourth-order valence-electron chi connectivity index (χ4n) is 2.04. The Kier molecular flexibility index (Phi) is 6.92. The van der Waals surface area contributed by atoms with Gasteiger partial charge in [-0.3, -0.25) is 9.59 Å². The second kappa shape index (κ2) is 8.45. The first kappa shape index (κ1) is 17.2. The molecular weight excluding hydrogens is 268 g/mol. The summed E-state index contributed by atoms with van der Waals surface area (Å²) in [4.78, 5) is 24.0. The second-order valence-corrected chi connectivity index (χ2v) is 5.30. The van der Waals surface area contributed by atoms with Crippen LogP contribution in [0.5, 0.6) is 11.5 Å². The molecular formula is C17H24O4. The molecule has 0 saturated heterocycles. The van der Waals surface area contributed by atoms with Crippen molar-refractivity contribution in [2.24, 2.45) is 5.92 Å². The predicted octanol–water partition coefficient (Wildman–Crippen LogP) is 3.67. The van der Waals surface area contributed by atoms with E-state index >= 15 is 0 Å². The van der Waals surface area contributed by atoms with Gasteiger partial charge in [-0.25, -0.2) is 0 Å². The van der Waals surface area contributed by atoms with Crippen LogP contribution >= 0.6 is 0 Å². The van der Waals surface area contributed by atoms with Crippen molar-refractivity contribution in [1.82, 2.24) is 0 Å². The summed E-state index contributed by atoms with van der Waals surface area (Å²) in [6.45, 7) is 8.70. The maximum Gasteiger partial charge on any atom is 0.170 e. The van der Waals surface area contributed by atoms with Crippen molar-refractivity contribution < 1.29 is 19.1 Å². The molecule has 21 heavy (non-hydrogen) atoms. The highest BCUT2D eigenvalue weighted by molar-refractivity contribution is 6.08. The molecule has 0 aliphatic heterocycles. The highest BCUT2D eigenvalue weighted by Crippen LogP contribution is 2.24. The standard InChI is InChI=1S/C17H24O4/c1-5-20-15-8-13(9-16(11-15)21-6-2)17(19)10-14(18)7-12(3)4/h8-9,11-12H,5-7,10H2,1-4H3. The topological polar surface area (TPSA) is 52.6 Å². The molecule has 1 rings (SSSR count). The van der Waals surface area contributed by atoms with Crippen LogP contribution in [0.2, 0.25) is 0 Å². The first-order valence-corrected chi connectivity index (χ1v) is 7.41. The Hall–Kier alpha value is -1.84. The monoisotopic (exact) mass is 292 g/mol. The van der Waals surface area contributed by atoms with E-state index in [1.54, 1.807) is 18.2 Å². The number of carbonyl (C=O) groups is 2. The number of hydrogen-bond donors (Lipinski definition) is 0. The van der Waals surface area contributed by atoms with Crippen molar-refractivity contribution in [2.75, 3.05) is 13.2 Å². The van der Waals surface area contributed by atoms with Crippen LogP contribution in [0.25, 0.3) is 0 Å². The first-order chi connectivity index (χ1) is 9.96. The van der Waals surface area contributed by atoms with E-state index in [9.17, 15) is 9.59 Å². The molecule has 0 aromatic heterocycles. The molecule has 4 nitrogen and oxygen atoms in total. The van der Waals surface area contributed by atoms with Gasteiger partial charge in [0, 0.05) is 18.1 Å². The van der Waals surface area contributed by atoms with Gasteiger partial charge in [0.1, 0.15) is 17.3 Å². The summed E-state index contributed by atoms with van der Waals surface area (Å²) in [6, 6.07) is 5.08. The number of carbonyl (C=O) groups excluding carboxylic acids is 2. The lowest BCUT2D eigenvalue weighted by Gasteiger charge is -2.10. The quantitative estimate of drug-likeness (QED) is 0.514. The minimum Gasteiger partial charge on any atom is -0.494 e. The van der Waals surface area contributed by atoms with Gasteiger partial charge >= 0.3 is 0 Å². The zero-order chi connectivity index (χ0) is 15.8. The van der Waals surface area contributed by atoms with E-state index in [-0.39, 0.29) is 23.9 Å². The Morgan fingerprint density at radius 3 is 1.95 bits per heavy atom. The molecule has 0 N–H and O–H groups in total. The summed E-state index contributed by atoms with van der Waals surface area (Å²) < 4.78 is 10.9. The smallest absolute Gasteiger partial charge is 0.170 e. The molecule has 4 heteroatoms. The third-order valence-electron chi connectivity index (χ3n) is 2.82. The van der Waals surface area contributed by atoms with Crippen LogP contribution in [-0.4, -0.2) is 24.8 Å². The van der Waals surface area contributed by atoms with Gasteiger partial charge in [-0.05, 0) is 31.9 Å². The summed E-state index contributed by atoms with van der Waals surface area (Å²) in [5.74, 6) is 1.21. The SMILES string of the molecule is CCOc1cc(OCC)cc(C(=O)CC(=O)CC(C)C)c1. The lowest BCUT2D eigenvalue weighted by molar-refractivity contribution is -0.118. The minimum absolute atomic E-state index is 0.0326. The molecule has 0 unspecified atom stereocenters. The lowest BCUT2D eigenvalue weighted by Crippen LogP contribution is -2.11. The highest BCUT2D eigenvalue weighted by atomic mass is 16.5. The summed E-state index contributed by atoms with van der Waals surface area (Å²) >= 11 is 0. The summed E-state index contributed by atoms with van der Waals surface area (Å²) in [5, 5.41) is 0. The molecule has 1 aromatic rings. The third kappa shape index (κ3) is 5.98. The van der Waals surface area contributed by atoms with Gasteiger partial charge in [-0.1, -0.05) is 13.8 Å². The zero-order valence-corrected chi connectivity index (χ0v) is 13.3. The largest absolute Gasteiger partial charge is 0.494 e. The Balaban J connectivity index is 2.88. The maximum absolute atomic E-state index is 12.2. The minimum atomic E-state index is -0.192. The fourth-order valence-corrected chi connectivity index (χ4v) is 2.04. The van der Waals surface area contributed by atoms with E-state index in [2.05, 4.69) is 0 Å². The molecule has 0 fully saturated rings. The number of hydrogen-bond acceptors (Lipinski definition) is 4. The van der Waals surface area contributed by atoms with Crippen molar-refractivity contribution in [3.63, 3.8) is 0 Å². The maximum atomic E-state index is 12.2. The highest BCUT2D eigenvalue weighted by Gasteiger charge is 2.15. The van der Waals surface area contributed by atoms with E-state index in [1.807, 2.05) is 27.7 Å². The third-order valence-corrected chi connectivity index (χ3v) is 2.82. The van der Waals surface area contributed by atoms with Crippen LogP contribution in [-0.2, 0) is 4.79 Å². The van der Waals surface area contributed by atoms with Gasteiger partial charge in [0.05, 0.1) is 19.6 Å². The van der Waals surface area contributed by atoms with Gasteiger partial charge in [-0.2, -0.15) is 0 Å². The Bertz CT molecular complexity index is 467. The van der Waals surface area contributed by atoms with Crippen LogP contribution in [0.1, 0.15) is 50.9 Å².